The molecule has 1 aliphatic carbocycles. The molecule has 2 amide bonds. The Balaban J connectivity index is 1.30. The van der Waals surface area contributed by atoms with E-state index in [-0.39, 0.29) is 24.6 Å². The van der Waals surface area contributed by atoms with Crippen LogP contribution in [0.1, 0.15) is 48.7 Å². The van der Waals surface area contributed by atoms with Crippen LogP contribution in [-0.4, -0.2) is 37.1 Å². The first-order valence-corrected chi connectivity index (χ1v) is 10.5. The van der Waals surface area contributed by atoms with Gasteiger partial charge in [-0.05, 0) is 31.9 Å². The van der Waals surface area contributed by atoms with E-state index in [0.29, 0.717) is 23.0 Å². The quantitative estimate of drug-likeness (QED) is 0.543. The highest BCUT2D eigenvalue weighted by Gasteiger charge is 2.47. The minimum absolute atomic E-state index is 0.0730. The lowest BCUT2D eigenvalue weighted by Crippen LogP contribution is -2.47. The van der Waals surface area contributed by atoms with Crippen LogP contribution in [0.2, 0.25) is 0 Å². The van der Waals surface area contributed by atoms with Gasteiger partial charge in [-0.2, -0.15) is 18.3 Å². The molecule has 1 fully saturated rings. The third-order valence-electron chi connectivity index (χ3n) is 6.22. The lowest BCUT2D eigenvalue weighted by Gasteiger charge is -2.32. The van der Waals surface area contributed by atoms with Crippen molar-refractivity contribution < 1.29 is 18.0 Å². The topological polar surface area (TPSA) is 98.8 Å². The monoisotopic (exact) mass is 457 g/mol. The highest BCUT2D eigenvalue weighted by atomic mass is 19.4. The number of carbonyl (C=O) groups excluding carboxylic acids is 1. The van der Waals surface area contributed by atoms with Crippen LogP contribution < -0.4 is 10.6 Å². The number of amides is 2. The number of benzene rings is 1. The average Bonchev–Trinajstić information content (AvgIpc) is 3.33. The normalized spacial score (nSPS) is 20.9. The van der Waals surface area contributed by atoms with Crippen molar-refractivity contribution in [1.82, 2.24) is 30.4 Å². The van der Waals surface area contributed by atoms with Crippen LogP contribution in [0.4, 0.5) is 29.7 Å². The Kier molecular flexibility index (Phi) is 4.80. The molecule has 0 spiro atoms. The third kappa shape index (κ3) is 3.87. The molecule has 5 rings (SSSR count). The highest BCUT2D eigenvalue weighted by molar-refractivity contribution is 5.78. The van der Waals surface area contributed by atoms with E-state index in [2.05, 4.69) is 42.9 Å². The smallest absolute Gasteiger partial charge is 0.335 e. The van der Waals surface area contributed by atoms with Gasteiger partial charge in [0.2, 0.25) is 5.95 Å². The number of rotatable bonds is 4. The Labute approximate surface area is 187 Å². The van der Waals surface area contributed by atoms with Gasteiger partial charge in [0.1, 0.15) is 5.69 Å². The molecule has 3 heterocycles. The first kappa shape index (κ1) is 21.2. The maximum atomic E-state index is 13.1. The van der Waals surface area contributed by atoms with E-state index in [9.17, 15) is 18.0 Å². The number of halogens is 3. The zero-order valence-electron chi connectivity index (χ0n) is 17.9. The second-order valence-electron chi connectivity index (χ2n) is 8.77. The molecule has 1 aromatic carbocycles. The molecule has 11 heteroatoms. The van der Waals surface area contributed by atoms with E-state index in [4.69, 9.17) is 0 Å². The summed E-state index contributed by atoms with van der Waals surface area (Å²) < 4.78 is 38.9. The minimum atomic E-state index is -4.58. The molecule has 0 bridgehead atoms. The Morgan fingerprint density at radius 1 is 1.21 bits per heavy atom. The summed E-state index contributed by atoms with van der Waals surface area (Å²) in [6.07, 6.45) is -2.66. The van der Waals surface area contributed by atoms with Crippen LogP contribution in [0.15, 0.2) is 42.6 Å². The van der Waals surface area contributed by atoms with Gasteiger partial charge in [0.15, 0.2) is 5.82 Å². The first-order valence-electron chi connectivity index (χ1n) is 10.5. The molecular formula is C22H22F3N7O. The molecule has 33 heavy (non-hydrogen) atoms. The van der Waals surface area contributed by atoms with Crippen molar-refractivity contribution in [2.45, 2.75) is 50.5 Å². The van der Waals surface area contributed by atoms with Crippen molar-refractivity contribution in [2.24, 2.45) is 0 Å². The summed E-state index contributed by atoms with van der Waals surface area (Å²) in [5, 5.41) is 13.0. The van der Waals surface area contributed by atoms with Gasteiger partial charge in [-0.3, -0.25) is 5.10 Å². The molecule has 8 nitrogen and oxygen atoms in total. The van der Waals surface area contributed by atoms with E-state index in [1.54, 1.807) is 4.90 Å². The zero-order chi connectivity index (χ0) is 23.4. The summed E-state index contributed by atoms with van der Waals surface area (Å²) in [6.45, 7) is 4.03. The Bertz CT molecular complexity index is 1190. The third-order valence-corrected chi connectivity index (χ3v) is 6.22. The van der Waals surface area contributed by atoms with Crippen LogP contribution in [-0.2, 0) is 18.3 Å². The van der Waals surface area contributed by atoms with E-state index in [1.807, 2.05) is 32.0 Å². The molecular weight excluding hydrogens is 435 g/mol. The summed E-state index contributed by atoms with van der Waals surface area (Å²) in [5.41, 5.74) is 0.864. The number of H-pyrrole nitrogens is 1. The van der Waals surface area contributed by atoms with Crippen LogP contribution in [0, 0.1) is 0 Å². The van der Waals surface area contributed by atoms with E-state index < -0.39 is 17.4 Å². The largest absolute Gasteiger partial charge is 0.433 e. The first-order chi connectivity index (χ1) is 15.6. The zero-order valence-corrected chi connectivity index (χ0v) is 17.9. The van der Waals surface area contributed by atoms with Gasteiger partial charge in [0.05, 0.1) is 17.8 Å². The molecule has 3 aromatic rings. The van der Waals surface area contributed by atoms with Gasteiger partial charge < -0.3 is 15.5 Å². The molecule has 0 unspecified atom stereocenters. The van der Waals surface area contributed by atoms with Gasteiger partial charge in [-0.25, -0.2) is 14.8 Å². The van der Waals surface area contributed by atoms with Crippen molar-refractivity contribution >= 4 is 17.8 Å². The molecule has 2 aromatic heterocycles. The SMILES string of the molecule is CC1(C)c2[nH]nc(Nc3nccc(C(F)(F)F)n3)c2CN1C(=O)N[C@@H]1C[C@H]1c1ccccc1. The van der Waals surface area contributed by atoms with Gasteiger partial charge in [0, 0.05) is 23.7 Å². The van der Waals surface area contributed by atoms with Gasteiger partial charge in [-0.1, -0.05) is 30.3 Å². The standard InChI is InChI=1S/C22H22F3N7O/c1-21(2)17-14(18(31-30-17)29-19-26-9-8-16(28-19)22(23,24)25)11-32(21)20(33)27-15-10-13(15)12-6-4-3-5-7-12/h3-9,13,15H,10-11H2,1-2H3,(H,27,33)(H2,26,28,29,30,31)/t13-,15+/m0/s1. The van der Waals surface area contributed by atoms with Gasteiger partial charge >= 0.3 is 12.2 Å². The molecule has 1 saturated carbocycles. The van der Waals surface area contributed by atoms with Crippen molar-refractivity contribution in [3.8, 4) is 0 Å². The number of aromatic nitrogens is 4. The van der Waals surface area contributed by atoms with Crippen LogP contribution >= 0.6 is 0 Å². The summed E-state index contributed by atoms with van der Waals surface area (Å²) >= 11 is 0. The number of nitrogens with one attached hydrogen (secondary N) is 3. The van der Waals surface area contributed by atoms with E-state index >= 15 is 0 Å². The second-order valence-corrected chi connectivity index (χ2v) is 8.77. The maximum absolute atomic E-state index is 13.1. The summed E-state index contributed by atoms with van der Waals surface area (Å²) in [6, 6.07) is 10.7. The summed E-state index contributed by atoms with van der Waals surface area (Å²) in [7, 11) is 0. The number of hydrogen-bond acceptors (Lipinski definition) is 5. The van der Waals surface area contributed by atoms with Crippen molar-refractivity contribution in [3.05, 3.63) is 65.1 Å². The van der Waals surface area contributed by atoms with E-state index in [0.717, 1.165) is 18.7 Å². The second kappa shape index (κ2) is 7.46. The maximum Gasteiger partial charge on any atom is 0.433 e. The number of nitrogens with zero attached hydrogens (tertiary/aromatic N) is 4. The molecule has 2 atom stereocenters. The van der Waals surface area contributed by atoms with Crippen LogP contribution in [0.25, 0.3) is 0 Å². The fourth-order valence-electron chi connectivity index (χ4n) is 4.29. The number of fused-ring (bicyclic) bond motifs is 1. The predicted molar refractivity (Wildman–Crippen MR) is 114 cm³/mol. The number of urea groups is 1. The predicted octanol–water partition coefficient (Wildman–Crippen LogP) is 4.28. The fourth-order valence-corrected chi connectivity index (χ4v) is 4.29. The summed E-state index contributed by atoms with van der Waals surface area (Å²) in [4.78, 5) is 22.2. The molecule has 1 aliphatic heterocycles. The Morgan fingerprint density at radius 3 is 2.70 bits per heavy atom. The van der Waals surface area contributed by atoms with Crippen LogP contribution in [0.5, 0.6) is 0 Å². The Hall–Kier alpha value is -3.63. The molecule has 3 N–H and O–H groups in total. The molecule has 0 radical (unpaired) electrons. The lowest BCUT2D eigenvalue weighted by atomic mass is 10.0. The minimum Gasteiger partial charge on any atom is -0.335 e. The number of alkyl halides is 3. The summed E-state index contributed by atoms with van der Waals surface area (Å²) in [5.74, 6) is 0.375. The average molecular weight is 457 g/mol. The van der Waals surface area contributed by atoms with E-state index in [1.165, 1.54) is 5.56 Å². The van der Waals surface area contributed by atoms with Crippen molar-refractivity contribution in [1.29, 1.82) is 0 Å². The van der Waals surface area contributed by atoms with Crippen molar-refractivity contribution in [3.63, 3.8) is 0 Å². The molecule has 0 saturated heterocycles. The Morgan fingerprint density at radius 2 is 1.97 bits per heavy atom. The number of carbonyl (C=O) groups is 1. The highest BCUT2D eigenvalue weighted by Crippen LogP contribution is 2.43. The lowest BCUT2D eigenvalue weighted by molar-refractivity contribution is -0.141. The number of anilines is 2. The van der Waals surface area contributed by atoms with Gasteiger partial charge in [0.25, 0.3) is 0 Å². The molecule has 2 aliphatic rings. The van der Waals surface area contributed by atoms with Crippen molar-refractivity contribution in [2.75, 3.05) is 5.32 Å². The number of aromatic amines is 1. The fraction of sp³-hybridized carbons (Fsp3) is 0.364. The molecule has 172 valence electrons. The number of hydrogen-bond donors (Lipinski definition) is 3. The van der Waals surface area contributed by atoms with Crippen LogP contribution in [0.3, 0.4) is 0 Å². The van der Waals surface area contributed by atoms with Gasteiger partial charge in [-0.15, -0.1) is 0 Å².